The van der Waals surface area contributed by atoms with Gasteiger partial charge in [0.25, 0.3) is 0 Å². The average molecular weight is 546 g/mol. The van der Waals surface area contributed by atoms with Crippen LogP contribution in [0.3, 0.4) is 0 Å². The first kappa shape index (κ1) is 26.6. The van der Waals surface area contributed by atoms with E-state index in [1.807, 2.05) is 0 Å². The Morgan fingerprint density at radius 2 is 1.98 bits per heavy atom. The molecule has 1 aliphatic carbocycles. The Labute approximate surface area is 236 Å². The number of nitrogens with zero attached hydrogens (tertiary/aromatic N) is 7. The fourth-order valence-electron chi connectivity index (χ4n) is 7.03. The first-order valence-corrected chi connectivity index (χ1v) is 14.7. The minimum atomic E-state index is -0.973. The van der Waals surface area contributed by atoms with Crippen molar-refractivity contribution in [1.82, 2.24) is 19.8 Å². The van der Waals surface area contributed by atoms with Crippen molar-refractivity contribution in [1.29, 1.82) is 5.26 Å². The zero-order valence-corrected chi connectivity index (χ0v) is 23.3. The summed E-state index contributed by atoms with van der Waals surface area (Å²) in [6, 6.07) is 11.7. The Morgan fingerprint density at radius 3 is 2.77 bits per heavy atom. The number of benzene rings is 1. The van der Waals surface area contributed by atoms with E-state index in [1.54, 1.807) is 0 Å². The van der Waals surface area contributed by atoms with Gasteiger partial charge in [0.1, 0.15) is 12.4 Å². The average Bonchev–Trinajstić information content (AvgIpc) is 3.39. The number of aromatic nitrogens is 2. The number of piperazine rings is 1. The Hall–Kier alpha value is -3.58. The molecule has 1 aromatic heterocycles. The molecule has 3 aliphatic heterocycles. The van der Waals surface area contributed by atoms with E-state index in [0.29, 0.717) is 44.3 Å². The van der Waals surface area contributed by atoms with Crippen LogP contribution in [-0.4, -0.2) is 95.5 Å². The maximum atomic E-state index is 11.8. The van der Waals surface area contributed by atoms with Crippen molar-refractivity contribution >= 4 is 17.6 Å². The monoisotopic (exact) mass is 545 g/mol. The van der Waals surface area contributed by atoms with Gasteiger partial charge in [0, 0.05) is 55.9 Å². The number of carboxylic acid groups (broad SMARTS) is 1. The van der Waals surface area contributed by atoms with Gasteiger partial charge in [-0.05, 0) is 63.7 Å². The highest BCUT2D eigenvalue weighted by Gasteiger charge is 2.35. The van der Waals surface area contributed by atoms with Crippen LogP contribution in [0, 0.1) is 11.3 Å². The fourth-order valence-corrected chi connectivity index (χ4v) is 7.03. The predicted molar refractivity (Wildman–Crippen MR) is 152 cm³/mol. The van der Waals surface area contributed by atoms with Crippen LogP contribution in [0.5, 0.6) is 6.01 Å². The van der Waals surface area contributed by atoms with Gasteiger partial charge >= 0.3 is 12.1 Å². The number of fused-ring (bicyclic) bond motifs is 2. The molecule has 1 N–H and O–H groups in total. The lowest BCUT2D eigenvalue weighted by Gasteiger charge is -2.42. The number of hydrogen-bond donors (Lipinski definition) is 1. The molecule has 0 bridgehead atoms. The zero-order chi connectivity index (χ0) is 27.6. The highest BCUT2D eigenvalue weighted by atomic mass is 16.5. The Morgan fingerprint density at radius 1 is 1.10 bits per heavy atom. The smallest absolute Gasteiger partial charge is 0.407 e. The van der Waals surface area contributed by atoms with Crippen molar-refractivity contribution in [3.8, 4) is 12.1 Å². The Bertz CT molecular complexity index is 1280. The lowest BCUT2D eigenvalue weighted by Crippen LogP contribution is -2.55. The van der Waals surface area contributed by atoms with Gasteiger partial charge in [0.05, 0.1) is 24.2 Å². The molecule has 1 aromatic carbocycles. The van der Waals surface area contributed by atoms with Crippen molar-refractivity contribution in [3.63, 3.8) is 0 Å². The molecule has 1 amide bonds. The summed E-state index contributed by atoms with van der Waals surface area (Å²) >= 11 is 0. The number of para-hydroxylation sites is 1. The van der Waals surface area contributed by atoms with Gasteiger partial charge < -0.3 is 29.4 Å². The van der Waals surface area contributed by atoms with Gasteiger partial charge in [-0.3, -0.25) is 0 Å². The number of rotatable bonds is 6. The summed E-state index contributed by atoms with van der Waals surface area (Å²) in [7, 11) is 2.14. The standard InChI is InChI=1S/C30H39N7O3/c1-34-14-5-8-24(34)20-40-29-32-26-18-22(36-15-4-7-21-6-2-3-9-27(21)36)10-11-25(26)28(33-29)35-16-17-37(30(38)39)23(19-35)12-13-31/h2-3,6,9,22-24H,4-5,7-8,10-12,14-20H2,1H3,(H,38,39)/t22?,23-,24-/m0/s1. The number of nitriles is 1. The highest BCUT2D eigenvalue weighted by molar-refractivity contribution is 5.66. The van der Waals surface area contributed by atoms with E-state index in [2.05, 4.69) is 52.1 Å². The van der Waals surface area contributed by atoms with E-state index >= 15 is 0 Å². The summed E-state index contributed by atoms with van der Waals surface area (Å²) < 4.78 is 6.27. The van der Waals surface area contributed by atoms with Crippen molar-refractivity contribution in [2.75, 3.05) is 56.2 Å². The number of carbonyl (C=O) groups is 1. The van der Waals surface area contributed by atoms with Gasteiger partial charge in [0.15, 0.2) is 0 Å². The molecule has 10 nitrogen and oxygen atoms in total. The van der Waals surface area contributed by atoms with Gasteiger partial charge in [-0.15, -0.1) is 0 Å². The van der Waals surface area contributed by atoms with Crippen LogP contribution in [0.4, 0.5) is 16.3 Å². The molecule has 0 spiro atoms. The molecular formula is C30H39N7O3. The molecule has 4 heterocycles. The molecular weight excluding hydrogens is 506 g/mol. The summed E-state index contributed by atoms with van der Waals surface area (Å²) in [6.07, 6.45) is 6.46. The predicted octanol–water partition coefficient (Wildman–Crippen LogP) is 3.34. The first-order chi connectivity index (χ1) is 19.5. The maximum absolute atomic E-state index is 11.8. The summed E-state index contributed by atoms with van der Waals surface area (Å²) in [5.41, 5.74) is 4.96. The van der Waals surface area contributed by atoms with E-state index in [0.717, 1.165) is 68.7 Å². The lowest BCUT2D eigenvalue weighted by molar-refractivity contribution is 0.119. The van der Waals surface area contributed by atoms with E-state index < -0.39 is 6.09 Å². The van der Waals surface area contributed by atoms with Crippen molar-refractivity contribution in [2.45, 2.75) is 69.5 Å². The second kappa shape index (κ2) is 11.5. The molecule has 0 radical (unpaired) electrons. The molecule has 2 fully saturated rings. The van der Waals surface area contributed by atoms with E-state index in [9.17, 15) is 15.2 Å². The van der Waals surface area contributed by atoms with Gasteiger partial charge in [-0.2, -0.15) is 15.2 Å². The fraction of sp³-hybridized carbons (Fsp3) is 0.600. The third-order valence-corrected chi connectivity index (χ3v) is 9.23. The number of likely N-dealkylation sites (tertiary alicyclic amines) is 1. The van der Waals surface area contributed by atoms with Crippen LogP contribution in [0.1, 0.15) is 48.9 Å². The zero-order valence-electron chi connectivity index (χ0n) is 23.3. The summed E-state index contributed by atoms with van der Waals surface area (Å²) in [5.74, 6) is 0.852. The second-order valence-corrected chi connectivity index (χ2v) is 11.6. The van der Waals surface area contributed by atoms with Gasteiger partial charge in [-0.25, -0.2) is 4.79 Å². The van der Waals surface area contributed by atoms with E-state index in [1.165, 1.54) is 22.6 Å². The van der Waals surface area contributed by atoms with E-state index in [-0.39, 0.29) is 12.5 Å². The highest BCUT2D eigenvalue weighted by Crippen LogP contribution is 2.36. The quantitative estimate of drug-likeness (QED) is 0.585. The number of hydrogen-bond acceptors (Lipinski definition) is 8. The molecule has 6 rings (SSSR count). The van der Waals surface area contributed by atoms with Crippen molar-refractivity contribution in [2.24, 2.45) is 0 Å². The second-order valence-electron chi connectivity index (χ2n) is 11.6. The van der Waals surface area contributed by atoms with Crippen LogP contribution in [0.15, 0.2) is 24.3 Å². The Kier molecular flexibility index (Phi) is 7.65. The molecule has 0 saturated carbocycles. The lowest BCUT2D eigenvalue weighted by atomic mass is 9.88. The molecule has 212 valence electrons. The van der Waals surface area contributed by atoms with Crippen LogP contribution in [-0.2, 0) is 19.3 Å². The normalized spacial score (nSPS) is 24.8. The maximum Gasteiger partial charge on any atom is 0.407 e. The molecule has 2 saturated heterocycles. The summed E-state index contributed by atoms with van der Waals surface area (Å²) in [4.78, 5) is 30.2. The SMILES string of the molecule is CN1CCC[C@H]1COc1nc2c(c(N3CCN(C(=O)O)[C@@H](CC#N)C3)n1)CCC(N1CCCc3ccccc31)C2. The third kappa shape index (κ3) is 5.27. The number of ether oxygens (including phenoxy) is 1. The third-order valence-electron chi connectivity index (χ3n) is 9.23. The van der Waals surface area contributed by atoms with Crippen LogP contribution < -0.4 is 14.5 Å². The van der Waals surface area contributed by atoms with Gasteiger partial charge in [-0.1, -0.05) is 18.2 Å². The molecule has 1 unspecified atom stereocenters. The summed E-state index contributed by atoms with van der Waals surface area (Å²) in [6.45, 7) is 4.01. The number of anilines is 2. The molecule has 3 atom stereocenters. The number of amides is 1. The van der Waals surface area contributed by atoms with Gasteiger partial charge in [0.2, 0.25) is 0 Å². The molecule has 4 aliphatic rings. The molecule has 40 heavy (non-hydrogen) atoms. The minimum Gasteiger partial charge on any atom is -0.465 e. The molecule has 10 heteroatoms. The van der Waals surface area contributed by atoms with Crippen LogP contribution in [0.2, 0.25) is 0 Å². The molecule has 2 aromatic rings. The number of aryl methyl sites for hydroxylation is 1. The van der Waals surface area contributed by atoms with E-state index in [4.69, 9.17) is 14.7 Å². The van der Waals surface area contributed by atoms with Crippen LogP contribution >= 0.6 is 0 Å². The topological polar surface area (TPSA) is 109 Å². The van der Waals surface area contributed by atoms with Crippen molar-refractivity contribution < 1.29 is 14.6 Å². The van der Waals surface area contributed by atoms with Crippen molar-refractivity contribution in [3.05, 3.63) is 41.1 Å². The number of likely N-dealkylation sites (N-methyl/N-ethyl adjacent to an activating group) is 1. The van der Waals surface area contributed by atoms with Crippen LogP contribution in [0.25, 0.3) is 0 Å². The first-order valence-electron chi connectivity index (χ1n) is 14.7. The minimum absolute atomic E-state index is 0.157. The summed E-state index contributed by atoms with van der Waals surface area (Å²) in [5, 5.41) is 19.1. The largest absolute Gasteiger partial charge is 0.465 e. The Balaban J connectivity index is 1.29.